The van der Waals surface area contributed by atoms with Crippen LogP contribution in [-0.4, -0.2) is 43.8 Å². The Morgan fingerprint density at radius 3 is 2.08 bits per heavy atom. The number of amides is 2. The number of halogens is 1. The highest BCUT2D eigenvalue weighted by molar-refractivity contribution is 7.92. The molecule has 0 aliphatic heterocycles. The fourth-order valence-corrected chi connectivity index (χ4v) is 5.89. The number of anilines is 1. The molecule has 0 aliphatic rings. The summed E-state index contributed by atoms with van der Waals surface area (Å²) < 4.78 is 28.8. The SMILES string of the molecule is CCc1ccc(N(CC(=O)N(Cc2ccccc2Cl)[C@H](CC)C(=O)NC(C)C)S(=O)(=O)c2ccccc2)cc1. The lowest BCUT2D eigenvalue weighted by molar-refractivity contribution is -0.140. The number of aryl methyl sites for hydroxylation is 1. The summed E-state index contributed by atoms with van der Waals surface area (Å²) in [5, 5.41) is 3.34. The van der Waals surface area contributed by atoms with Crippen molar-refractivity contribution >= 4 is 39.1 Å². The number of benzene rings is 3. The lowest BCUT2D eigenvalue weighted by Gasteiger charge is -2.33. The van der Waals surface area contributed by atoms with E-state index in [4.69, 9.17) is 11.6 Å². The normalized spacial score (nSPS) is 12.2. The molecule has 39 heavy (non-hydrogen) atoms. The predicted octanol–water partition coefficient (Wildman–Crippen LogP) is 5.43. The number of carbonyl (C=O) groups excluding carboxylic acids is 2. The van der Waals surface area contributed by atoms with Crippen molar-refractivity contribution in [2.45, 2.75) is 64.1 Å². The average molecular weight is 570 g/mol. The van der Waals surface area contributed by atoms with Gasteiger partial charge in [0, 0.05) is 17.6 Å². The number of hydrogen-bond acceptors (Lipinski definition) is 4. The monoisotopic (exact) mass is 569 g/mol. The van der Waals surface area contributed by atoms with Gasteiger partial charge in [-0.3, -0.25) is 13.9 Å². The molecule has 0 fully saturated rings. The minimum Gasteiger partial charge on any atom is -0.352 e. The lowest BCUT2D eigenvalue weighted by atomic mass is 10.1. The van der Waals surface area contributed by atoms with Crippen molar-refractivity contribution in [2.24, 2.45) is 0 Å². The van der Waals surface area contributed by atoms with Gasteiger partial charge in [0.05, 0.1) is 10.6 Å². The number of sulfonamides is 1. The molecule has 0 unspecified atom stereocenters. The van der Waals surface area contributed by atoms with Gasteiger partial charge in [0.2, 0.25) is 11.8 Å². The maximum Gasteiger partial charge on any atom is 0.264 e. The molecule has 3 aromatic carbocycles. The Morgan fingerprint density at radius 1 is 0.897 bits per heavy atom. The molecule has 0 saturated heterocycles. The Kier molecular flexibility index (Phi) is 10.5. The highest BCUT2D eigenvalue weighted by Gasteiger charge is 2.34. The Balaban J connectivity index is 2.06. The van der Waals surface area contributed by atoms with E-state index in [2.05, 4.69) is 5.32 Å². The Labute approximate surface area is 236 Å². The van der Waals surface area contributed by atoms with Gasteiger partial charge in [0.15, 0.2) is 0 Å². The highest BCUT2D eigenvalue weighted by atomic mass is 35.5. The molecule has 0 heterocycles. The summed E-state index contributed by atoms with van der Waals surface area (Å²) in [4.78, 5) is 28.7. The summed E-state index contributed by atoms with van der Waals surface area (Å²) >= 11 is 6.42. The third-order valence-electron chi connectivity index (χ3n) is 6.36. The van der Waals surface area contributed by atoms with Gasteiger partial charge in [0.25, 0.3) is 10.0 Å². The largest absolute Gasteiger partial charge is 0.352 e. The van der Waals surface area contributed by atoms with Crippen LogP contribution in [0.1, 0.15) is 45.2 Å². The molecule has 0 radical (unpaired) electrons. The maximum atomic E-state index is 14.0. The van der Waals surface area contributed by atoms with Crippen LogP contribution < -0.4 is 9.62 Å². The summed E-state index contributed by atoms with van der Waals surface area (Å²) in [6.45, 7) is 7.09. The molecule has 9 heteroatoms. The molecular weight excluding hydrogens is 534 g/mol. The van der Waals surface area contributed by atoms with Crippen molar-refractivity contribution in [2.75, 3.05) is 10.8 Å². The van der Waals surface area contributed by atoms with Crippen LogP contribution in [0.25, 0.3) is 0 Å². The first-order valence-corrected chi connectivity index (χ1v) is 14.9. The summed E-state index contributed by atoms with van der Waals surface area (Å²) in [5.74, 6) is -0.822. The van der Waals surface area contributed by atoms with E-state index < -0.39 is 28.5 Å². The molecule has 0 saturated carbocycles. The minimum atomic E-state index is -4.10. The third kappa shape index (κ3) is 7.61. The van der Waals surface area contributed by atoms with Crippen LogP contribution in [0.15, 0.2) is 83.8 Å². The van der Waals surface area contributed by atoms with Crippen molar-refractivity contribution in [3.63, 3.8) is 0 Å². The Morgan fingerprint density at radius 2 is 1.51 bits per heavy atom. The van der Waals surface area contributed by atoms with Crippen LogP contribution in [0.3, 0.4) is 0 Å². The van der Waals surface area contributed by atoms with Gasteiger partial charge in [-0.1, -0.05) is 74.0 Å². The highest BCUT2D eigenvalue weighted by Crippen LogP contribution is 2.26. The van der Waals surface area contributed by atoms with Crippen LogP contribution in [0, 0.1) is 0 Å². The number of nitrogens with zero attached hydrogens (tertiary/aromatic N) is 2. The molecule has 1 atom stereocenters. The molecule has 0 bridgehead atoms. The van der Waals surface area contributed by atoms with Crippen molar-refractivity contribution < 1.29 is 18.0 Å². The molecule has 3 aromatic rings. The molecular formula is C30H36ClN3O4S. The number of carbonyl (C=O) groups is 2. The second-order valence-corrected chi connectivity index (χ2v) is 11.8. The lowest BCUT2D eigenvalue weighted by Crippen LogP contribution is -2.53. The zero-order chi connectivity index (χ0) is 28.6. The summed E-state index contributed by atoms with van der Waals surface area (Å²) in [7, 11) is -4.10. The van der Waals surface area contributed by atoms with Crippen molar-refractivity contribution in [3.8, 4) is 0 Å². The van der Waals surface area contributed by atoms with E-state index in [1.165, 1.54) is 17.0 Å². The zero-order valence-electron chi connectivity index (χ0n) is 22.8. The molecule has 0 aliphatic carbocycles. The van der Waals surface area contributed by atoms with Crippen LogP contribution in [-0.2, 0) is 32.6 Å². The van der Waals surface area contributed by atoms with Crippen LogP contribution in [0.5, 0.6) is 0 Å². The van der Waals surface area contributed by atoms with Crippen LogP contribution >= 0.6 is 11.6 Å². The Bertz CT molecular complexity index is 1360. The van der Waals surface area contributed by atoms with E-state index in [0.29, 0.717) is 22.7 Å². The van der Waals surface area contributed by atoms with Crippen LogP contribution in [0.2, 0.25) is 5.02 Å². The topological polar surface area (TPSA) is 86.8 Å². The van der Waals surface area contributed by atoms with E-state index in [0.717, 1.165) is 16.3 Å². The molecule has 2 amide bonds. The van der Waals surface area contributed by atoms with Gasteiger partial charge in [0.1, 0.15) is 12.6 Å². The number of nitrogens with one attached hydrogen (secondary N) is 1. The fraction of sp³-hybridized carbons (Fsp3) is 0.333. The second-order valence-electron chi connectivity index (χ2n) is 9.55. The predicted molar refractivity (Wildman–Crippen MR) is 156 cm³/mol. The van der Waals surface area contributed by atoms with Crippen molar-refractivity contribution in [3.05, 3.63) is 95.0 Å². The minimum absolute atomic E-state index is 0.0521. The quantitative estimate of drug-likeness (QED) is 0.315. The molecule has 1 N–H and O–H groups in total. The van der Waals surface area contributed by atoms with Gasteiger partial charge in [-0.05, 0) is 68.1 Å². The standard InChI is InChI=1S/C30H36ClN3O4S/c1-5-23-16-18-25(19-17-23)34(39(37,38)26-13-8-7-9-14-26)21-29(35)33(20-24-12-10-11-15-27(24)31)28(6-2)30(36)32-22(3)4/h7-19,22,28H,5-6,20-21H2,1-4H3,(H,32,36)/t28-/m1/s1. The molecule has 208 valence electrons. The first-order chi connectivity index (χ1) is 18.6. The summed E-state index contributed by atoms with van der Waals surface area (Å²) in [6, 6.07) is 21.3. The molecule has 0 spiro atoms. The summed E-state index contributed by atoms with van der Waals surface area (Å²) in [6.07, 6.45) is 1.13. The maximum absolute atomic E-state index is 14.0. The first-order valence-electron chi connectivity index (χ1n) is 13.1. The smallest absolute Gasteiger partial charge is 0.264 e. The van der Waals surface area contributed by atoms with Crippen LogP contribution in [0.4, 0.5) is 5.69 Å². The van der Waals surface area contributed by atoms with Gasteiger partial charge in [-0.2, -0.15) is 0 Å². The molecule has 3 rings (SSSR count). The van der Waals surface area contributed by atoms with Gasteiger partial charge in [-0.15, -0.1) is 0 Å². The zero-order valence-corrected chi connectivity index (χ0v) is 24.4. The van der Waals surface area contributed by atoms with E-state index >= 15 is 0 Å². The fourth-order valence-electron chi connectivity index (χ4n) is 4.26. The Hall–Kier alpha value is -3.36. The van der Waals surface area contributed by atoms with E-state index in [9.17, 15) is 18.0 Å². The third-order valence-corrected chi connectivity index (χ3v) is 8.51. The molecule has 7 nitrogen and oxygen atoms in total. The second kappa shape index (κ2) is 13.6. The van der Waals surface area contributed by atoms with E-state index in [1.807, 2.05) is 39.8 Å². The number of hydrogen-bond donors (Lipinski definition) is 1. The number of rotatable bonds is 12. The first kappa shape index (κ1) is 30.2. The summed E-state index contributed by atoms with van der Waals surface area (Å²) in [5.41, 5.74) is 2.06. The van der Waals surface area contributed by atoms with Gasteiger partial charge in [-0.25, -0.2) is 8.42 Å². The van der Waals surface area contributed by atoms with E-state index in [1.54, 1.807) is 54.6 Å². The average Bonchev–Trinajstić information content (AvgIpc) is 2.92. The van der Waals surface area contributed by atoms with Gasteiger partial charge >= 0.3 is 0 Å². The van der Waals surface area contributed by atoms with E-state index in [-0.39, 0.29) is 23.4 Å². The van der Waals surface area contributed by atoms with Crippen molar-refractivity contribution in [1.82, 2.24) is 10.2 Å². The molecule has 0 aromatic heterocycles. The van der Waals surface area contributed by atoms with Crippen molar-refractivity contribution in [1.29, 1.82) is 0 Å². The van der Waals surface area contributed by atoms with Gasteiger partial charge < -0.3 is 10.2 Å².